The number of rotatable bonds is 2. The largest absolute Gasteiger partial charge is 0.399 e. The van der Waals surface area contributed by atoms with Crippen molar-refractivity contribution in [3.63, 3.8) is 0 Å². The number of anilines is 1. The highest BCUT2D eigenvalue weighted by atomic mass is 15.2. The average molecular weight is 329 g/mol. The van der Waals surface area contributed by atoms with Crippen LogP contribution in [0.2, 0.25) is 0 Å². The summed E-state index contributed by atoms with van der Waals surface area (Å²) in [7, 11) is 0. The summed E-state index contributed by atoms with van der Waals surface area (Å²) in [5, 5.41) is 0. The van der Waals surface area contributed by atoms with Crippen molar-refractivity contribution >= 4 is 5.69 Å². The zero-order valence-electron chi connectivity index (χ0n) is 14.4. The van der Waals surface area contributed by atoms with Crippen molar-refractivity contribution in [3.05, 3.63) is 72.1 Å². The molecule has 25 heavy (non-hydrogen) atoms. The van der Waals surface area contributed by atoms with E-state index >= 15 is 0 Å². The molecule has 1 unspecified atom stereocenters. The number of nitrogens with zero attached hydrogens (tertiary/aromatic N) is 2. The van der Waals surface area contributed by atoms with Gasteiger partial charge in [0.05, 0.1) is 5.54 Å². The molecule has 0 radical (unpaired) electrons. The summed E-state index contributed by atoms with van der Waals surface area (Å²) in [5.74, 6) is 1.68. The zero-order chi connectivity index (χ0) is 16.9. The van der Waals surface area contributed by atoms with Crippen LogP contribution in [0.25, 0.3) is 11.4 Å². The van der Waals surface area contributed by atoms with E-state index < -0.39 is 0 Å². The Balaban J connectivity index is 1.83. The third kappa shape index (κ3) is 1.95. The Morgan fingerprint density at radius 1 is 0.960 bits per heavy atom. The van der Waals surface area contributed by atoms with E-state index in [1.807, 2.05) is 18.3 Å². The van der Waals surface area contributed by atoms with Gasteiger partial charge in [-0.15, -0.1) is 0 Å². The van der Waals surface area contributed by atoms with E-state index in [4.69, 9.17) is 10.7 Å². The predicted octanol–water partition coefficient (Wildman–Crippen LogP) is 4.82. The summed E-state index contributed by atoms with van der Waals surface area (Å²) >= 11 is 0. The van der Waals surface area contributed by atoms with Crippen LogP contribution in [-0.2, 0) is 5.54 Å². The SMILES string of the molecule is Nc1ccc(C2(C3CCCCC3)c3ccccc3-c3nccn32)cc1. The van der Waals surface area contributed by atoms with Crippen molar-refractivity contribution in [1.29, 1.82) is 0 Å². The molecule has 0 saturated heterocycles. The lowest BCUT2D eigenvalue weighted by Crippen LogP contribution is -2.42. The molecule has 0 bridgehead atoms. The molecule has 0 amide bonds. The average Bonchev–Trinajstić information content (AvgIpc) is 3.24. The van der Waals surface area contributed by atoms with Crippen LogP contribution in [0.1, 0.15) is 43.2 Å². The number of aromatic nitrogens is 2. The van der Waals surface area contributed by atoms with Gasteiger partial charge in [-0.3, -0.25) is 0 Å². The summed E-state index contributed by atoms with van der Waals surface area (Å²) in [6.45, 7) is 0. The van der Waals surface area contributed by atoms with Gasteiger partial charge in [0.25, 0.3) is 0 Å². The Morgan fingerprint density at radius 3 is 2.52 bits per heavy atom. The molecule has 1 aliphatic carbocycles. The van der Waals surface area contributed by atoms with E-state index in [1.54, 1.807) is 0 Å². The van der Waals surface area contributed by atoms with E-state index in [9.17, 15) is 0 Å². The zero-order valence-corrected chi connectivity index (χ0v) is 14.4. The normalized spacial score (nSPS) is 22.6. The van der Waals surface area contributed by atoms with E-state index in [1.165, 1.54) is 48.8 Å². The van der Waals surface area contributed by atoms with Crippen LogP contribution in [0, 0.1) is 5.92 Å². The maximum Gasteiger partial charge on any atom is 0.141 e. The van der Waals surface area contributed by atoms with Crippen LogP contribution in [0.4, 0.5) is 5.69 Å². The Labute approximate surface area is 148 Å². The van der Waals surface area contributed by atoms with E-state index in [2.05, 4.69) is 47.2 Å². The first-order valence-corrected chi connectivity index (χ1v) is 9.31. The lowest BCUT2D eigenvalue weighted by Gasteiger charge is -2.42. The van der Waals surface area contributed by atoms with Crippen molar-refractivity contribution < 1.29 is 0 Å². The van der Waals surface area contributed by atoms with Crippen molar-refractivity contribution in [2.75, 3.05) is 5.73 Å². The number of nitrogen functional groups attached to an aromatic ring is 1. The quantitative estimate of drug-likeness (QED) is 0.685. The Morgan fingerprint density at radius 2 is 1.72 bits per heavy atom. The van der Waals surface area contributed by atoms with Gasteiger partial charge in [0.2, 0.25) is 0 Å². The number of imidazole rings is 1. The number of fused-ring (bicyclic) bond motifs is 3. The molecule has 0 spiro atoms. The van der Waals surface area contributed by atoms with Gasteiger partial charge in [-0.1, -0.05) is 55.7 Å². The Kier molecular flexibility index (Phi) is 3.24. The molecule has 3 heteroatoms. The van der Waals surface area contributed by atoms with Crippen LogP contribution in [0.3, 0.4) is 0 Å². The van der Waals surface area contributed by atoms with Gasteiger partial charge in [0, 0.05) is 23.6 Å². The molecule has 3 aromatic rings. The first-order chi connectivity index (χ1) is 12.3. The van der Waals surface area contributed by atoms with Crippen LogP contribution in [0.15, 0.2) is 60.9 Å². The van der Waals surface area contributed by atoms with Gasteiger partial charge in [-0.05, 0) is 42.0 Å². The number of hydrogen-bond donors (Lipinski definition) is 1. The molecule has 1 fully saturated rings. The smallest absolute Gasteiger partial charge is 0.141 e. The van der Waals surface area contributed by atoms with Crippen LogP contribution in [0.5, 0.6) is 0 Å². The third-order valence-electron chi connectivity index (χ3n) is 6.15. The highest BCUT2D eigenvalue weighted by Gasteiger charge is 2.50. The number of benzene rings is 2. The minimum Gasteiger partial charge on any atom is -0.399 e. The topological polar surface area (TPSA) is 43.8 Å². The maximum atomic E-state index is 6.00. The maximum absolute atomic E-state index is 6.00. The van der Waals surface area contributed by atoms with Gasteiger partial charge in [-0.25, -0.2) is 4.98 Å². The van der Waals surface area contributed by atoms with Crippen LogP contribution >= 0.6 is 0 Å². The predicted molar refractivity (Wildman–Crippen MR) is 101 cm³/mol. The van der Waals surface area contributed by atoms with Crippen molar-refractivity contribution in [2.45, 2.75) is 37.6 Å². The van der Waals surface area contributed by atoms with Gasteiger partial charge in [0.15, 0.2) is 0 Å². The van der Waals surface area contributed by atoms with Gasteiger partial charge in [-0.2, -0.15) is 0 Å². The second kappa shape index (κ2) is 5.48. The Bertz CT molecular complexity index is 903. The number of hydrogen-bond acceptors (Lipinski definition) is 2. The lowest BCUT2D eigenvalue weighted by molar-refractivity contribution is 0.214. The summed E-state index contributed by atoms with van der Waals surface area (Å²) in [5.41, 5.74) is 10.7. The summed E-state index contributed by atoms with van der Waals surface area (Å²) < 4.78 is 2.43. The number of nitrogens with two attached hydrogens (primary N) is 1. The molecule has 1 saturated carbocycles. The highest BCUT2D eigenvalue weighted by molar-refractivity contribution is 5.71. The first-order valence-electron chi connectivity index (χ1n) is 9.31. The monoisotopic (exact) mass is 329 g/mol. The summed E-state index contributed by atoms with van der Waals surface area (Å²) in [6, 6.07) is 17.3. The fourth-order valence-electron chi connectivity index (χ4n) is 5.13. The van der Waals surface area contributed by atoms with Crippen molar-refractivity contribution in [1.82, 2.24) is 9.55 Å². The van der Waals surface area contributed by atoms with Gasteiger partial charge >= 0.3 is 0 Å². The molecule has 2 aromatic carbocycles. The van der Waals surface area contributed by atoms with E-state index in [0.29, 0.717) is 5.92 Å². The molecule has 1 atom stereocenters. The minimum atomic E-state index is -0.156. The van der Waals surface area contributed by atoms with Gasteiger partial charge < -0.3 is 10.3 Å². The molecule has 2 heterocycles. The molecular weight excluding hydrogens is 306 g/mol. The molecule has 2 N–H and O–H groups in total. The standard InChI is InChI=1S/C22H23N3/c23-18-12-10-17(11-13-18)22(16-6-2-1-3-7-16)20-9-5-4-8-19(20)21-24-14-15-25(21)22/h4-5,8-16H,1-3,6-7,23H2. The molecule has 126 valence electrons. The van der Waals surface area contributed by atoms with Gasteiger partial charge in [0.1, 0.15) is 5.82 Å². The second-order valence-corrected chi connectivity index (χ2v) is 7.39. The van der Waals surface area contributed by atoms with Crippen LogP contribution in [-0.4, -0.2) is 9.55 Å². The molecule has 3 nitrogen and oxygen atoms in total. The molecular formula is C22H23N3. The fourth-order valence-corrected chi connectivity index (χ4v) is 5.13. The van der Waals surface area contributed by atoms with E-state index in [-0.39, 0.29) is 5.54 Å². The lowest BCUT2D eigenvalue weighted by atomic mass is 9.67. The van der Waals surface area contributed by atoms with Crippen molar-refractivity contribution in [3.8, 4) is 11.4 Å². The molecule has 1 aromatic heterocycles. The third-order valence-corrected chi connectivity index (χ3v) is 6.15. The summed E-state index contributed by atoms with van der Waals surface area (Å²) in [6.07, 6.45) is 10.6. The van der Waals surface area contributed by atoms with Crippen molar-refractivity contribution in [2.24, 2.45) is 5.92 Å². The first kappa shape index (κ1) is 14.8. The Hall–Kier alpha value is -2.55. The molecule has 5 rings (SSSR count). The second-order valence-electron chi connectivity index (χ2n) is 7.39. The highest BCUT2D eigenvalue weighted by Crippen LogP contribution is 2.54. The summed E-state index contributed by atoms with van der Waals surface area (Å²) in [4.78, 5) is 4.71. The van der Waals surface area contributed by atoms with Crippen LogP contribution < -0.4 is 5.73 Å². The van der Waals surface area contributed by atoms with E-state index in [0.717, 1.165) is 11.5 Å². The fraction of sp³-hybridized carbons (Fsp3) is 0.318. The molecule has 2 aliphatic rings. The minimum absolute atomic E-state index is 0.156. The molecule has 1 aliphatic heterocycles.